The van der Waals surface area contributed by atoms with Gasteiger partial charge in [0.15, 0.2) is 0 Å². The summed E-state index contributed by atoms with van der Waals surface area (Å²) in [4.78, 5) is 18.5. The van der Waals surface area contributed by atoms with E-state index in [1.54, 1.807) is 0 Å². The van der Waals surface area contributed by atoms with Crippen LogP contribution in [0.5, 0.6) is 0 Å². The van der Waals surface area contributed by atoms with Crippen molar-refractivity contribution in [1.29, 1.82) is 0 Å². The highest BCUT2D eigenvalue weighted by molar-refractivity contribution is 7.11. The molecule has 0 unspecified atom stereocenters. The second-order valence-corrected chi connectivity index (χ2v) is 8.78. The quantitative estimate of drug-likeness (QED) is 0.859. The van der Waals surface area contributed by atoms with Gasteiger partial charge in [0.25, 0.3) is 0 Å². The largest absolute Gasteiger partial charge is 0.375 e. The number of aryl methyl sites for hydroxylation is 2. The molecule has 1 aliphatic heterocycles. The Kier molecular flexibility index (Phi) is 4.52. The van der Waals surface area contributed by atoms with Gasteiger partial charge in [-0.1, -0.05) is 0 Å². The number of ether oxygens (including phenoxy) is 1. The number of hydrogen-bond donors (Lipinski definition) is 2. The van der Waals surface area contributed by atoms with E-state index in [1.165, 1.54) is 42.7 Å². The van der Waals surface area contributed by atoms with Crippen molar-refractivity contribution in [3.63, 3.8) is 0 Å². The highest BCUT2D eigenvalue weighted by Crippen LogP contribution is 2.43. The normalized spacial score (nSPS) is 29.3. The van der Waals surface area contributed by atoms with Crippen molar-refractivity contribution in [2.75, 3.05) is 13.2 Å². The first-order chi connectivity index (χ1) is 11.6. The van der Waals surface area contributed by atoms with Gasteiger partial charge in [-0.05, 0) is 57.8 Å². The molecule has 3 aliphatic rings. The van der Waals surface area contributed by atoms with Crippen LogP contribution in [0.25, 0.3) is 0 Å². The first-order valence-corrected chi connectivity index (χ1v) is 10.1. The highest BCUT2D eigenvalue weighted by Gasteiger charge is 2.48. The lowest BCUT2D eigenvalue weighted by atomic mass is 9.90. The summed E-state index contributed by atoms with van der Waals surface area (Å²) in [7, 11) is 0. The predicted octanol–water partition coefficient (Wildman–Crippen LogP) is 2.82. The van der Waals surface area contributed by atoms with Gasteiger partial charge in [0.1, 0.15) is 0 Å². The summed E-state index contributed by atoms with van der Waals surface area (Å²) in [6.45, 7) is 3.52. The molecule has 1 saturated heterocycles. The van der Waals surface area contributed by atoms with Gasteiger partial charge >= 0.3 is 6.03 Å². The number of carbonyl (C=O) groups is 1. The van der Waals surface area contributed by atoms with Crippen molar-refractivity contribution in [1.82, 2.24) is 15.6 Å². The van der Waals surface area contributed by atoms with Crippen molar-refractivity contribution in [3.8, 4) is 0 Å². The number of rotatable bonds is 5. The van der Waals surface area contributed by atoms with Gasteiger partial charge in [0.2, 0.25) is 0 Å². The molecule has 2 amide bonds. The SMILES string of the molecule is C[C@]1(NC(=O)NCCc2nc3c(s2)CCCC3)CCO[C@H]1C1CC1. The molecule has 0 radical (unpaired) electrons. The van der Waals surface area contributed by atoms with E-state index in [1.807, 2.05) is 11.3 Å². The number of urea groups is 1. The van der Waals surface area contributed by atoms with Crippen LogP contribution < -0.4 is 10.6 Å². The zero-order valence-corrected chi connectivity index (χ0v) is 15.2. The Bertz CT molecular complexity index is 590. The fourth-order valence-electron chi connectivity index (χ4n) is 4.01. The third-order valence-corrected chi connectivity index (χ3v) is 6.73. The summed E-state index contributed by atoms with van der Waals surface area (Å²) in [5, 5.41) is 7.34. The van der Waals surface area contributed by atoms with Crippen LogP contribution in [0.15, 0.2) is 0 Å². The van der Waals surface area contributed by atoms with Crippen LogP contribution in [0.1, 0.15) is 54.6 Å². The van der Waals surface area contributed by atoms with Crippen LogP contribution in [-0.4, -0.2) is 35.8 Å². The average Bonchev–Trinajstić information content (AvgIpc) is 3.19. The van der Waals surface area contributed by atoms with Gasteiger partial charge in [0, 0.05) is 24.4 Å². The molecule has 4 rings (SSSR count). The summed E-state index contributed by atoms with van der Waals surface area (Å²) < 4.78 is 5.86. The van der Waals surface area contributed by atoms with Crippen LogP contribution in [0.3, 0.4) is 0 Å². The maximum atomic E-state index is 12.3. The van der Waals surface area contributed by atoms with Crippen molar-refractivity contribution >= 4 is 17.4 Å². The molecule has 0 aromatic carbocycles. The van der Waals surface area contributed by atoms with Crippen LogP contribution in [0, 0.1) is 5.92 Å². The zero-order valence-electron chi connectivity index (χ0n) is 14.4. The number of aromatic nitrogens is 1. The third kappa shape index (κ3) is 3.45. The van der Waals surface area contributed by atoms with Crippen molar-refractivity contribution in [2.45, 2.75) is 69.9 Å². The minimum Gasteiger partial charge on any atom is -0.375 e. The molecule has 0 spiro atoms. The van der Waals surface area contributed by atoms with Crippen molar-refractivity contribution in [3.05, 3.63) is 15.6 Å². The third-order valence-electron chi connectivity index (χ3n) is 5.51. The molecule has 24 heavy (non-hydrogen) atoms. The second-order valence-electron chi connectivity index (χ2n) is 7.61. The van der Waals surface area contributed by atoms with Crippen LogP contribution >= 0.6 is 11.3 Å². The van der Waals surface area contributed by atoms with E-state index in [-0.39, 0.29) is 17.7 Å². The lowest BCUT2D eigenvalue weighted by molar-refractivity contribution is 0.0591. The van der Waals surface area contributed by atoms with Gasteiger partial charge in [-0.15, -0.1) is 11.3 Å². The zero-order chi connectivity index (χ0) is 16.6. The van der Waals surface area contributed by atoms with Gasteiger partial charge in [-0.3, -0.25) is 0 Å². The number of thiazole rings is 1. The van der Waals surface area contributed by atoms with Gasteiger partial charge < -0.3 is 15.4 Å². The molecular weight excluding hydrogens is 322 g/mol. The van der Waals surface area contributed by atoms with Crippen LogP contribution in [-0.2, 0) is 24.0 Å². The minimum absolute atomic E-state index is 0.0741. The van der Waals surface area contributed by atoms with Crippen molar-refractivity contribution in [2.24, 2.45) is 5.92 Å². The Hall–Kier alpha value is -1.14. The highest BCUT2D eigenvalue weighted by atomic mass is 32.1. The van der Waals surface area contributed by atoms with E-state index < -0.39 is 0 Å². The standard InChI is InChI=1S/C18H27N3O2S/c1-18(9-11-23-16(18)12-6-7-12)21-17(22)19-10-8-15-20-13-4-2-3-5-14(13)24-15/h12,16H,2-11H2,1H3,(H2,19,21,22)/t16-,18-/m0/s1. The maximum absolute atomic E-state index is 12.3. The molecule has 0 bridgehead atoms. The molecule has 2 heterocycles. The number of nitrogens with zero attached hydrogens (tertiary/aromatic N) is 1. The molecule has 6 heteroatoms. The number of nitrogens with one attached hydrogen (secondary N) is 2. The number of hydrogen-bond acceptors (Lipinski definition) is 4. The van der Waals surface area contributed by atoms with E-state index in [0.717, 1.165) is 30.9 Å². The summed E-state index contributed by atoms with van der Waals surface area (Å²) in [5.74, 6) is 0.638. The molecule has 2 aliphatic carbocycles. The van der Waals surface area contributed by atoms with E-state index in [4.69, 9.17) is 9.72 Å². The van der Waals surface area contributed by atoms with E-state index >= 15 is 0 Å². The molecule has 5 nitrogen and oxygen atoms in total. The molecule has 2 fully saturated rings. The molecule has 2 N–H and O–H groups in total. The maximum Gasteiger partial charge on any atom is 0.315 e. The van der Waals surface area contributed by atoms with Gasteiger partial charge in [-0.25, -0.2) is 9.78 Å². The number of carbonyl (C=O) groups excluding carboxylic acids is 1. The lowest BCUT2D eigenvalue weighted by Gasteiger charge is -2.31. The first-order valence-electron chi connectivity index (χ1n) is 9.29. The van der Waals surface area contributed by atoms with Crippen molar-refractivity contribution < 1.29 is 9.53 Å². The summed E-state index contributed by atoms with van der Waals surface area (Å²) in [6.07, 6.45) is 9.25. The fraction of sp³-hybridized carbons (Fsp3) is 0.778. The fourth-order valence-corrected chi connectivity index (χ4v) is 5.17. The molecule has 1 aromatic rings. The molecule has 1 aromatic heterocycles. The Morgan fingerprint density at radius 1 is 1.38 bits per heavy atom. The van der Waals surface area contributed by atoms with Crippen LogP contribution in [0.2, 0.25) is 0 Å². The average molecular weight is 350 g/mol. The van der Waals surface area contributed by atoms with E-state index in [2.05, 4.69) is 17.6 Å². The molecule has 132 valence electrons. The summed E-state index contributed by atoms with van der Waals surface area (Å²) >= 11 is 1.83. The van der Waals surface area contributed by atoms with E-state index in [9.17, 15) is 4.79 Å². The first kappa shape index (κ1) is 16.3. The number of fused-ring (bicyclic) bond motifs is 1. The smallest absolute Gasteiger partial charge is 0.315 e. The van der Waals surface area contributed by atoms with E-state index in [0.29, 0.717) is 12.5 Å². The van der Waals surface area contributed by atoms with Gasteiger partial charge in [0.05, 0.1) is 22.3 Å². The summed E-state index contributed by atoms with van der Waals surface area (Å²) in [5.41, 5.74) is 1.08. The Balaban J connectivity index is 1.25. The molecule has 2 atom stereocenters. The number of amides is 2. The Morgan fingerprint density at radius 3 is 3.00 bits per heavy atom. The Morgan fingerprint density at radius 2 is 2.21 bits per heavy atom. The summed E-state index contributed by atoms with van der Waals surface area (Å²) in [6, 6.07) is -0.0741. The molecular formula is C18H27N3O2S. The predicted molar refractivity (Wildman–Crippen MR) is 94.5 cm³/mol. The van der Waals surface area contributed by atoms with Crippen LogP contribution in [0.4, 0.5) is 4.79 Å². The second kappa shape index (κ2) is 6.64. The monoisotopic (exact) mass is 349 g/mol. The minimum atomic E-state index is -0.217. The lowest BCUT2D eigenvalue weighted by Crippen LogP contribution is -2.55. The Labute approximate surface area is 147 Å². The molecule has 1 saturated carbocycles. The topological polar surface area (TPSA) is 63.2 Å². The van der Waals surface area contributed by atoms with Gasteiger partial charge in [-0.2, -0.15) is 0 Å².